The summed E-state index contributed by atoms with van der Waals surface area (Å²) >= 11 is 6.06. The van der Waals surface area contributed by atoms with Gasteiger partial charge in [0.2, 0.25) is 0 Å². The number of nitrogens with two attached hydrogens (primary N) is 1. The highest BCUT2D eigenvalue weighted by Crippen LogP contribution is 2.40. The first-order chi connectivity index (χ1) is 8.60. The van der Waals surface area contributed by atoms with Gasteiger partial charge in [-0.05, 0) is 38.0 Å². The molecule has 1 aliphatic heterocycles. The minimum atomic E-state index is -0.327. The third-order valence-corrected chi connectivity index (χ3v) is 3.76. The molecule has 2 rings (SSSR count). The maximum absolute atomic E-state index is 6.06. The molecule has 0 radical (unpaired) electrons. The van der Waals surface area contributed by atoms with Crippen molar-refractivity contribution in [3.8, 4) is 5.75 Å². The Balaban J connectivity index is 2.40. The van der Waals surface area contributed by atoms with E-state index in [1.54, 1.807) is 13.2 Å². The highest BCUT2D eigenvalue weighted by atomic mass is 35.5. The Labute approximate surface area is 112 Å². The van der Waals surface area contributed by atoms with E-state index in [1.807, 2.05) is 12.1 Å². The molecule has 1 aromatic rings. The van der Waals surface area contributed by atoms with Gasteiger partial charge in [-0.25, -0.2) is 5.43 Å². The van der Waals surface area contributed by atoms with Crippen LogP contribution in [-0.4, -0.2) is 19.3 Å². The van der Waals surface area contributed by atoms with Gasteiger partial charge >= 0.3 is 0 Å². The molecule has 1 aliphatic rings. The lowest BCUT2D eigenvalue weighted by atomic mass is 9.87. The van der Waals surface area contributed by atoms with E-state index in [9.17, 15) is 0 Å². The molecule has 4 nitrogen and oxygen atoms in total. The van der Waals surface area contributed by atoms with Gasteiger partial charge in [-0.1, -0.05) is 11.6 Å². The first-order valence-corrected chi connectivity index (χ1v) is 6.42. The van der Waals surface area contributed by atoms with Crippen molar-refractivity contribution in [3.05, 3.63) is 28.8 Å². The van der Waals surface area contributed by atoms with Crippen molar-refractivity contribution in [2.75, 3.05) is 13.7 Å². The molecule has 18 heavy (non-hydrogen) atoms. The topological polar surface area (TPSA) is 56.5 Å². The standard InChI is InChI=1S/C13H19ClN2O2/c1-13(6-3-7-18-13)12(16-15)10-8-9(14)4-5-11(10)17-2/h4-5,8,12,16H,3,6-7,15H2,1-2H3. The monoisotopic (exact) mass is 270 g/mol. The van der Waals surface area contributed by atoms with Gasteiger partial charge in [-0.3, -0.25) is 5.84 Å². The molecule has 0 spiro atoms. The van der Waals surface area contributed by atoms with Gasteiger partial charge in [-0.2, -0.15) is 0 Å². The van der Waals surface area contributed by atoms with E-state index in [1.165, 1.54) is 0 Å². The Bertz CT molecular complexity index is 419. The SMILES string of the molecule is COc1ccc(Cl)cc1C(NN)C1(C)CCCO1. The summed E-state index contributed by atoms with van der Waals surface area (Å²) in [5, 5.41) is 0.660. The van der Waals surface area contributed by atoms with Crippen LogP contribution in [0.1, 0.15) is 31.4 Å². The average molecular weight is 271 g/mol. The number of hydrazine groups is 1. The van der Waals surface area contributed by atoms with E-state index in [0.29, 0.717) is 5.02 Å². The number of hydrogen-bond donors (Lipinski definition) is 2. The van der Waals surface area contributed by atoms with Crippen LogP contribution in [0.4, 0.5) is 0 Å². The molecule has 2 atom stereocenters. The van der Waals surface area contributed by atoms with Gasteiger partial charge in [0.25, 0.3) is 0 Å². The Morgan fingerprint density at radius 2 is 2.33 bits per heavy atom. The van der Waals surface area contributed by atoms with Crippen molar-refractivity contribution in [1.29, 1.82) is 0 Å². The summed E-state index contributed by atoms with van der Waals surface area (Å²) in [4.78, 5) is 0. The third kappa shape index (κ3) is 2.47. The zero-order valence-corrected chi connectivity index (χ0v) is 11.5. The van der Waals surface area contributed by atoms with Gasteiger partial charge in [0, 0.05) is 17.2 Å². The molecule has 0 aliphatic carbocycles. The van der Waals surface area contributed by atoms with Gasteiger partial charge in [0.1, 0.15) is 5.75 Å². The van der Waals surface area contributed by atoms with Gasteiger partial charge < -0.3 is 9.47 Å². The summed E-state index contributed by atoms with van der Waals surface area (Å²) in [6, 6.07) is 5.38. The fourth-order valence-corrected chi connectivity index (χ4v) is 2.73. The zero-order valence-electron chi connectivity index (χ0n) is 10.7. The largest absolute Gasteiger partial charge is 0.496 e. The molecule has 0 saturated carbocycles. The molecule has 1 aromatic carbocycles. The summed E-state index contributed by atoms with van der Waals surface area (Å²) < 4.78 is 11.2. The van der Waals surface area contributed by atoms with Crippen LogP contribution in [0.25, 0.3) is 0 Å². The maximum atomic E-state index is 6.06. The average Bonchev–Trinajstić information content (AvgIpc) is 2.78. The van der Waals surface area contributed by atoms with E-state index < -0.39 is 0 Å². The van der Waals surface area contributed by atoms with E-state index in [0.717, 1.165) is 30.8 Å². The normalized spacial score (nSPS) is 25.1. The Hall–Kier alpha value is -0.810. The fourth-order valence-electron chi connectivity index (χ4n) is 2.55. The van der Waals surface area contributed by atoms with Crippen molar-refractivity contribution in [2.24, 2.45) is 5.84 Å². The first-order valence-electron chi connectivity index (χ1n) is 6.04. The second kappa shape index (κ2) is 5.45. The van der Waals surface area contributed by atoms with E-state index in [2.05, 4.69) is 12.3 Å². The van der Waals surface area contributed by atoms with Gasteiger partial charge in [0.15, 0.2) is 0 Å². The molecule has 5 heteroatoms. The first kappa shape index (κ1) is 13.6. The predicted molar refractivity (Wildman–Crippen MR) is 71.7 cm³/mol. The Kier molecular flexibility index (Phi) is 4.12. The summed E-state index contributed by atoms with van der Waals surface area (Å²) in [5.41, 5.74) is 3.44. The summed E-state index contributed by atoms with van der Waals surface area (Å²) in [7, 11) is 1.64. The lowest BCUT2D eigenvalue weighted by Gasteiger charge is -2.33. The number of hydrogen-bond acceptors (Lipinski definition) is 4. The molecule has 1 heterocycles. The molecule has 1 saturated heterocycles. The molecule has 1 fully saturated rings. The number of rotatable bonds is 4. The molecule has 2 unspecified atom stereocenters. The number of ether oxygens (including phenoxy) is 2. The van der Waals surface area contributed by atoms with E-state index in [4.69, 9.17) is 26.9 Å². The molecule has 3 N–H and O–H groups in total. The highest BCUT2D eigenvalue weighted by Gasteiger charge is 2.40. The minimum absolute atomic E-state index is 0.145. The fraction of sp³-hybridized carbons (Fsp3) is 0.538. The van der Waals surface area contributed by atoms with Crippen LogP contribution in [0.3, 0.4) is 0 Å². The van der Waals surface area contributed by atoms with Crippen LogP contribution in [-0.2, 0) is 4.74 Å². The second-order valence-electron chi connectivity index (χ2n) is 4.75. The van der Waals surface area contributed by atoms with Crippen molar-refractivity contribution in [2.45, 2.75) is 31.4 Å². The lowest BCUT2D eigenvalue weighted by Crippen LogP contribution is -2.44. The van der Waals surface area contributed by atoms with Crippen molar-refractivity contribution >= 4 is 11.6 Å². The molecule has 0 bridgehead atoms. The molecule has 0 amide bonds. The zero-order chi connectivity index (χ0) is 13.2. The van der Waals surface area contributed by atoms with Crippen molar-refractivity contribution in [3.63, 3.8) is 0 Å². The van der Waals surface area contributed by atoms with Crippen LogP contribution in [0, 0.1) is 0 Å². The summed E-state index contributed by atoms with van der Waals surface area (Å²) in [5.74, 6) is 6.48. The number of halogens is 1. The molecular weight excluding hydrogens is 252 g/mol. The van der Waals surface area contributed by atoms with Crippen LogP contribution in [0.2, 0.25) is 5.02 Å². The lowest BCUT2D eigenvalue weighted by molar-refractivity contribution is -0.0131. The number of nitrogens with one attached hydrogen (secondary N) is 1. The summed E-state index contributed by atoms with van der Waals surface area (Å²) in [6.45, 7) is 2.82. The third-order valence-electron chi connectivity index (χ3n) is 3.53. The molecular formula is C13H19ClN2O2. The van der Waals surface area contributed by atoms with E-state index in [-0.39, 0.29) is 11.6 Å². The minimum Gasteiger partial charge on any atom is -0.496 e. The second-order valence-corrected chi connectivity index (χ2v) is 5.19. The Morgan fingerprint density at radius 1 is 1.56 bits per heavy atom. The van der Waals surface area contributed by atoms with Crippen LogP contribution in [0.5, 0.6) is 5.75 Å². The maximum Gasteiger partial charge on any atom is 0.123 e. The van der Waals surface area contributed by atoms with Crippen molar-refractivity contribution < 1.29 is 9.47 Å². The van der Waals surface area contributed by atoms with Crippen LogP contribution < -0.4 is 16.0 Å². The van der Waals surface area contributed by atoms with E-state index >= 15 is 0 Å². The van der Waals surface area contributed by atoms with Crippen LogP contribution in [0.15, 0.2) is 18.2 Å². The quantitative estimate of drug-likeness (QED) is 0.652. The van der Waals surface area contributed by atoms with Crippen molar-refractivity contribution in [1.82, 2.24) is 5.43 Å². The number of benzene rings is 1. The molecule has 0 aromatic heterocycles. The smallest absolute Gasteiger partial charge is 0.123 e. The highest BCUT2D eigenvalue weighted by molar-refractivity contribution is 6.30. The number of methoxy groups -OCH3 is 1. The van der Waals surface area contributed by atoms with Gasteiger partial charge in [-0.15, -0.1) is 0 Å². The predicted octanol–water partition coefficient (Wildman–Crippen LogP) is 2.42. The Morgan fingerprint density at radius 3 is 2.89 bits per heavy atom. The summed E-state index contributed by atoms with van der Waals surface area (Å²) in [6.07, 6.45) is 2.00. The molecule has 100 valence electrons. The van der Waals surface area contributed by atoms with Gasteiger partial charge in [0.05, 0.1) is 18.8 Å². The van der Waals surface area contributed by atoms with Crippen LogP contribution >= 0.6 is 11.6 Å².